The van der Waals surface area contributed by atoms with Crippen molar-refractivity contribution in [1.29, 1.82) is 0 Å². The third-order valence-corrected chi connectivity index (χ3v) is 4.33. The second-order valence-electron chi connectivity index (χ2n) is 5.45. The molecule has 1 unspecified atom stereocenters. The summed E-state index contributed by atoms with van der Waals surface area (Å²) in [6.07, 6.45) is 1.05. The van der Waals surface area contributed by atoms with Crippen LogP contribution in [0.15, 0.2) is 18.2 Å². The SMILES string of the molecule is CCN(CC)C1CCN(C(=O)c2cccc(C)c2N)C1. The number of nitrogens with two attached hydrogens (primary N) is 1. The minimum Gasteiger partial charge on any atom is -0.398 e. The number of anilines is 1. The maximum atomic E-state index is 12.6. The summed E-state index contributed by atoms with van der Waals surface area (Å²) in [5.74, 6) is 0.0702. The molecule has 0 bridgehead atoms. The van der Waals surface area contributed by atoms with Crippen molar-refractivity contribution in [2.75, 3.05) is 31.9 Å². The van der Waals surface area contributed by atoms with Crippen molar-refractivity contribution < 1.29 is 4.79 Å². The fraction of sp³-hybridized carbons (Fsp3) is 0.562. The van der Waals surface area contributed by atoms with E-state index in [-0.39, 0.29) is 5.91 Å². The highest BCUT2D eigenvalue weighted by molar-refractivity contribution is 5.99. The van der Waals surface area contributed by atoms with Gasteiger partial charge in [0.05, 0.1) is 5.56 Å². The molecular weight excluding hydrogens is 250 g/mol. The summed E-state index contributed by atoms with van der Waals surface area (Å²) in [7, 11) is 0. The first-order valence-corrected chi connectivity index (χ1v) is 7.46. The van der Waals surface area contributed by atoms with Crippen LogP contribution < -0.4 is 5.73 Å². The normalized spacial score (nSPS) is 18.8. The Bertz CT molecular complexity index is 483. The molecule has 1 aliphatic rings. The van der Waals surface area contributed by atoms with Crippen LogP contribution in [0.4, 0.5) is 5.69 Å². The molecule has 0 radical (unpaired) electrons. The highest BCUT2D eigenvalue weighted by Gasteiger charge is 2.30. The van der Waals surface area contributed by atoms with Crippen LogP contribution in [-0.2, 0) is 0 Å². The molecule has 20 heavy (non-hydrogen) atoms. The van der Waals surface area contributed by atoms with Gasteiger partial charge >= 0.3 is 0 Å². The van der Waals surface area contributed by atoms with Crippen molar-refractivity contribution in [1.82, 2.24) is 9.80 Å². The number of hydrogen-bond donors (Lipinski definition) is 1. The van der Waals surface area contributed by atoms with Crippen LogP contribution in [0.2, 0.25) is 0 Å². The third-order valence-electron chi connectivity index (χ3n) is 4.33. The summed E-state index contributed by atoms with van der Waals surface area (Å²) in [6.45, 7) is 10.0. The minimum absolute atomic E-state index is 0.0702. The molecule has 1 amide bonds. The van der Waals surface area contributed by atoms with E-state index in [0.717, 1.165) is 38.2 Å². The number of likely N-dealkylation sites (N-methyl/N-ethyl adjacent to an activating group) is 1. The first-order chi connectivity index (χ1) is 9.58. The van der Waals surface area contributed by atoms with E-state index in [1.54, 1.807) is 0 Å². The predicted molar refractivity (Wildman–Crippen MR) is 82.8 cm³/mol. The van der Waals surface area contributed by atoms with E-state index >= 15 is 0 Å². The van der Waals surface area contributed by atoms with E-state index in [4.69, 9.17) is 5.73 Å². The Kier molecular flexibility index (Phi) is 4.65. The van der Waals surface area contributed by atoms with E-state index < -0.39 is 0 Å². The summed E-state index contributed by atoms with van der Waals surface area (Å²) in [6, 6.07) is 6.15. The predicted octanol–water partition coefficient (Wildman–Crippen LogP) is 2.13. The minimum atomic E-state index is 0.0702. The van der Waals surface area contributed by atoms with Crippen LogP contribution >= 0.6 is 0 Å². The molecule has 1 aromatic carbocycles. The number of nitrogens with zero attached hydrogens (tertiary/aromatic N) is 2. The smallest absolute Gasteiger partial charge is 0.256 e. The van der Waals surface area contributed by atoms with Crippen molar-refractivity contribution in [2.24, 2.45) is 0 Å². The zero-order valence-electron chi connectivity index (χ0n) is 12.7. The monoisotopic (exact) mass is 275 g/mol. The maximum Gasteiger partial charge on any atom is 0.256 e. The van der Waals surface area contributed by atoms with Crippen LogP contribution in [0.3, 0.4) is 0 Å². The van der Waals surface area contributed by atoms with E-state index in [1.807, 2.05) is 30.0 Å². The molecule has 1 fully saturated rings. The molecule has 2 N–H and O–H groups in total. The standard InChI is InChI=1S/C16H25N3O/c1-4-18(5-2)13-9-10-19(11-13)16(20)14-8-6-7-12(3)15(14)17/h6-8,13H,4-5,9-11,17H2,1-3H3. The van der Waals surface area contributed by atoms with Gasteiger partial charge in [-0.1, -0.05) is 26.0 Å². The zero-order valence-corrected chi connectivity index (χ0v) is 12.7. The van der Waals surface area contributed by atoms with Gasteiger partial charge in [-0.3, -0.25) is 9.69 Å². The highest BCUT2D eigenvalue weighted by Crippen LogP contribution is 2.22. The van der Waals surface area contributed by atoms with Crippen molar-refractivity contribution in [3.05, 3.63) is 29.3 Å². The third kappa shape index (κ3) is 2.80. The van der Waals surface area contributed by atoms with Crippen LogP contribution in [0, 0.1) is 6.92 Å². The number of likely N-dealkylation sites (tertiary alicyclic amines) is 1. The van der Waals surface area contributed by atoms with Crippen molar-refractivity contribution in [3.63, 3.8) is 0 Å². The van der Waals surface area contributed by atoms with Crippen molar-refractivity contribution >= 4 is 11.6 Å². The molecule has 110 valence electrons. The van der Waals surface area contributed by atoms with E-state index in [1.165, 1.54) is 0 Å². The number of carbonyl (C=O) groups is 1. The average Bonchev–Trinajstić information content (AvgIpc) is 2.92. The molecule has 2 rings (SSSR count). The lowest BCUT2D eigenvalue weighted by Gasteiger charge is -2.26. The number of carbonyl (C=O) groups excluding carboxylic acids is 1. The lowest BCUT2D eigenvalue weighted by atomic mass is 10.1. The van der Waals surface area contributed by atoms with Crippen molar-refractivity contribution in [3.8, 4) is 0 Å². The fourth-order valence-electron chi connectivity index (χ4n) is 3.00. The van der Waals surface area contributed by atoms with Crippen LogP contribution in [0.5, 0.6) is 0 Å². The number of hydrogen-bond acceptors (Lipinski definition) is 3. The molecule has 4 nitrogen and oxygen atoms in total. The number of nitrogen functional groups attached to an aromatic ring is 1. The molecule has 4 heteroatoms. The molecule has 0 aliphatic carbocycles. The first kappa shape index (κ1) is 14.9. The second kappa shape index (κ2) is 6.27. The number of amides is 1. The first-order valence-electron chi connectivity index (χ1n) is 7.46. The molecule has 1 heterocycles. The zero-order chi connectivity index (χ0) is 14.7. The Morgan fingerprint density at radius 3 is 2.75 bits per heavy atom. The molecule has 0 spiro atoms. The number of benzene rings is 1. The van der Waals surface area contributed by atoms with Crippen LogP contribution in [-0.4, -0.2) is 47.9 Å². The lowest BCUT2D eigenvalue weighted by molar-refractivity contribution is 0.0779. The molecule has 1 atom stereocenters. The quantitative estimate of drug-likeness (QED) is 0.856. The van der Waals surface area contributed by atoms with E-state index in [0.29, 0.717) is 17.3 Å². The van der Waals surface area contributed by atoms with Gasteiger partial charge in [0, 0.05) is 24.8 Å². The van der Waals surface area contributed by atoms with Crippen molar-refractivity contribution in [2.45, 2.75) is 33.2 Å². The summed E-state index contributed by atoms with van der Waals surface area (Å²) in [4.78, 5) is 17.0. The lowest BCUT2D eigenvalue weighted by Crippen LogP contribution is -2.38. The second-order valence-corrected chi connectivity index (χ2v) is 5.45. The van der Waals surface area contributed by atoms with E-state index in [9.17, 15) is 4.79 Å². The van der Waals surface area contributed by atoms with Gasteiger partial charge in [-0.2, -0.15) is 0 Å². The van der Waals surface area contributed by atoms with Crippen LogP contribution in [0.25, 0.3) is 0 Å². The van der Waals surface area contributed by atoms with Gasteiger partial charge in [0.15, 0.2) is 0 Å². The van der Waals surface area contributed by atoms with E-state index in [2.05, 4.69) is 18.7 Å². The number of aryl methyl sites for hydroxylation is 1. The molecule has 1 aromatic rings. The van der Waals surface area contributed by atoms with Gasteiger partial charge in [0.1, 0.15) is 0 Å². The largest absolute Gasteiger partial charge is 0.398 e. The highest BCUT2D eigenvalue weighted by atomic mass is 16.2. The Hall–Kier alpha value is -1.55. The molecule has 0 saturated carbocycles. The molecule has 1 saturated heterocycles. The van der Waals surface area contributed by atoms with Crippen LogP contribution in [0.1, 0.15) is 36.2 Å². The Morgan fingerprint density at radius 1 is 1.40 bits per heavy atom. The van der Waals surface area contributed by atoms with Gasteiger partial charge in [0.25, 0.3) is 5.91 Å². The average molecular weight is 275 g/mol. The Labute approximate surface area is 121 Å². The molecular formula is C16H25N3O. The molecule has 0 aromatic heterocycles. The summed E-state index contributed by atoms with van der Waals surface area (Å²) in [5, 5.41) is 0. The van der Waals surface area contributed by atoms with Gasteiger partial charge in [0.2, 0.25) is 0 Å². The summed E-state index contributed by atoms with van der Waals surface area (Å²) >= 11 is 0. The van der Waals surface area contributed by atoms with Gasteiger partial charge in [-0.25, -0.2) is 0 Å². The Balaban J connectivity index is 2.10. The summed E-state index contributed by atoms with van der Waals surface area (Å²) < 4.78 is 0. The van der Waals surface area contributed by atoms with Gasteiger partial charge in [-0.05, 0) is 38.1 Å². The Morgan fingerprint density at radius 2 is 2.10 bits per heavy atom. The van der Waals surface area contributed by atoms with Gasteiger partial charge in [-0.15, -0.1) is 0 Å². The fourth-order valence-corrected chi connectivity index (χ4v) is 3.00. The maximum absolute atomic E-state index is 12.6. The summed E-state index contributed by atoms with van der Waals surface area (Å²) in [5.41, 5.74) is 8.27. The number of rotatable bonds is 4. The molecule has 1 aliphatic heterocycles. The number of para-hydroxylation sites is 1. The van der Waals surface area contributed by atoms with Gasteiger partial charge < -0.3 is 10.6 Å². The topological polar surface area (TPSA) is 49.6 Å².